The van der Waals surface area contributed by atoms with Crippen LogP contribution >= 0.6 is 0 Å². The molecule has 0 aliphatic heterocycles. The molecule has 1 aromatic rings. The number of nitrogens with two attached hydrogens (primary N) is 1. The van der Waals surface area contributed by atoms with Crippen LogP contribution in [0.2, 0.25) is 0 Å². The average molecular weight is 269 g/mol. The maximum absolute atomic E-state index is 11.8. The SMILES string of the molecule is NC1(CNS(=O)(=O)CCc2ccncc2)CCC1. The van der Waals surface area contributed by atoms with Gasteiger partial charge in [0.1, 0.15) is 0 Å². The van der Waals surface area contributed by atoms with Crippen LogP contribution in [0.15, 0.2) is 24.5 Å². The summed E-state index contributed by atoms with van der Waals surface area (Å²) in [5.41, 5.74) is 6.64. The lowest BCUT2D eigenvalue weighted by Gasteiger charge is -2.38. The van der Waals surface area contributed by atoms with E-state index in [0.29, 0.717) is 13.0 Å². The molecule has 1 saturated carbocycles. The van der Waals surface area contributed by atoms with E-state index < -0.39 is 10.0 Å². The third-order valence-corrected chi connectivity index (χ3v) is 4.73. The largest absolute Gasteiger partial charge is 0.324 e. The van der Waals surface area contributed by atoms with E-state index in [9.17, 15) is 8.42 Å². The summed E-state index contributed by atoms with van der Waals surface area (Å²) in [7, 11) is -3.24. The molecule has 1 heterocycles. The van der Waals surface area contributed by atoms with Crippen molar-refractivity contribution in [2.75, 3.05) is 12.3 Å². The summed E-state index contributed by atoms with van der Waals surface area (Å²) in [6.07, 6.45) is 6.72. The Bertz CT molecular complexity index is 483. The van der Waals surface area contributed by atoms with E-state index in [1.54, 1.807) is 12.4 Å². The van der Waals surface area contributed by atoms with Crippen LogP contribution in [0.3, 0.4) is 0 Å². The molecule has 6 heteroatoms. The number of hydrogen-bond acceptors (Lipinski definition) is 4. The molecule has 0 atom stereocenters. The van der Waals surface area contributed by atoms with Crippen LogP contribution in [-0.2, 0) is 16.4 Å². The highest BCUT2D eigenvalue weighted by Gasteiger charge is 2.33. The van der Waals surface area contributed by atoms with Crippen molar-refractivity contribution in [1.29, 1.82) is 0 Å². The van der Waals surface area contributed by atoms with Crippen molar-refractivity contribution in [2.24, 2.45) is 5.73 Å². The molecule has 5 nitrogen and oxygen atoms in total. The lowest BCUT2D eigenvalue weighted by Crippen LogP contribution is -2.55. The van der Waals surface area contributed by atoms with E-state index in [4.69, 9.17) is 5.73 Å². The van der Waals surface area contributed by atoms with Gasteiger partial charge in [0.05, 0.1) is 5.75 Å². The fourth-order valence-electron chi connectivity index (χ4n) is 1.94. The smallest absolute Gasteiger partial charge is 0.211 e. The Hall–Kier alpha value is -0.980. The first-order valence-electron chi connectivity index (χ1n) is 6.14. The van der Waals surface area contributed by atoms with Gasteiger partial charge in [-0.1, -0.05) is 0 Å². The number of rotatable bonds is 6. The summed E-state index contributed by atoms with van der Waals surface area (Å²) in [6.45, 7) is 0.353. The summed E-state index contributed by atoms with van der Waals surface area (Å²) in [5.74, 6) is 0.0904. The Labute approximate surface area is 108 Å². The van der Waals surface area contributed by atoms with Crippen molar-refractivity contribution >= 4 is 10.0 Å². The zero-order valence-corrected chi connectivity index (χ0v) is 11.1. The van der Waals surface area contributed by atoms with Gasteiger partial charge in [-0.05, 0) is 43.4 Å². The maximum atomic E-state index is 11.8. The molecule has 0 amide bonds. The van der Waals surface area contributed by atoms with E-state index in [2.05, 4.69) is 9.71 Å². The van der Waals surface area contributed by atoms with E-state index in [1.165, 1.54) is 0 Å². The highest BCUT2D eigenvalue weighted by molar-refractivity contribution is 7.89. The quantitative estimate of drug-likeness (QED) is 0.784. The summed E-state index contributed by atoms with van der Waals surface area (Å²) in [5, 5.41) is 0. The molecule has 0 radical (unpaired) electrons. The van der Waals surface area contributed by atoms with Crippen LogP contribution in [0.5, 0.6) is 0 Å². The molecule has 1 aliphatic rings. The van der Waals surface area contributed by atoms with Crippen molar-refractivity contribution in [3.8, 4) is 0 Å². The number of aryl methyl sites for hydroxylation is 1. The van der Waals surface area contributed by atoms with Gasteiger partial charge in [-0.3, -0.25) is 4.98 Å². The standard InChI is InChI=1S/C12H19N3O2S/c13-12(5-1-6-12)10-15-18(16,17)9-4-11-2-7-14-8-3-11/h2-3,7-8,15H,1,4-6,9-10,13H2. The molecule has 0 unspecified atom stereocenters. The van der Waals surface area contributed by atoms with Gasteiger partial charge in [0.2, 0.25) is 10.0 Å². The van der Waals surface area contributed by atoms with Crippen molar-refractivity contribution < 1.29 is 8.42 Å². The van der Waals surface area contributed by atoms with E-state index >= 15 is 0 Å². The molecular weight excluding hydrogens is 250 g/mol. The maximum Gasteiger partial charge on any atom is 0.211 e. The molecule has 1 aliphatic carbocycles. The average Bonchev–Trinajstić information content (AvgIpc) is 2.33. The summed E-state index contributed by atoms with van der Waals surface area (Å²) < 4.78 is 26.2. The van der Waals surface area contributed by atoms with Gasteiger partial charge >= 0.3 is 0 Å². The Balaban J connectivity index is 1.80. The van der Waals surface area contributed by atoms with E-state index in [1.807, 2.05) is 12.1 Å². The van der Waals surface area contributed by atoms with Crippen LogP contribution in [-0.4, -0.2) is 31.2 Å². The van der Waals surface area contributed by atoms with Gasteiger partial charge < -0.3 is 5.73 Å². The number of aromatic nitrogens is 1. The van der Waals surface area contributed by atoms with Gasteiger partial charge in [-0.2, -0.15) is 0 Å². The van der Waals surface area contributed by atoms with Gasteiger partial charge in [0.25, 0.3) is 0 Å². The monoisotopic (exact) mass is 269 g/mol. The molecule has 1 fully saturated rings. The van der Waals surface area contributed by atoms with Gasteiger partial charge in [-0.15, -0.1) is 0 Å². The fraction of sp³-hybridized carbons (Fsp3) is 0.583. The van der Waals surface area contributed by atoms with Crippen LogP contribution < -0.4 is 10.5 Å². The van der Waals surface area contributed by atoms with Crippen molar-refractivity contribution in [2.45, 2.75) is 31.2 Å². The topological polar surface area (TPSA) is 85.1 Å². The number of nitrogens with zero attached hydrogens (tertiary/aromatic N) is 1. The lowest BCUT2D eigenvalue weighted by molar-refractivity contribution is 0.251. The molecule has 100 valence electrons. The number of nitrogens with one attached hydrogen (secondary N) is 1. The number of sulfonamides is 1. The van der Waals surface area contributed by atoms with Crippen LogP contribution in [0, 0.1) is 0 Å². The molecule has 18 heavy (non-hydrogen) atoms. The number of pyridine rings is 1. The Morgan fingerprint density at radius 3 is 2.56 bits per heavy atom. The van der Waals surface area contributed by atoms with Crippen molar-refractivity contribution in [3.05, 3.63) is 30.1 Å². The van der Waals surface area contributed by atoms with Gasteiger partial charge in [-0.25, -0.2) is 13.1 Å². The van der Waals surface area contributed by atoms with Gasteiger partial charge in [0, 0.05) is 24.5 Å². The Morgan fingerprint density at radius 2 is 2.00 bits per heavy atom. The number of hydrogen-bond donors (Lipinski definition) is 2. The molecule has 0 saturated heterocycles. The highest BCUT2D eigenvalue weighted by Crippen LogP contribution is 2.28. The van der Waals surface area contributed by atoms with Crippen LogP contribution in [0.4, 0.5) is 0 Å². The molecule has 3 N–H and O–H groups in total. The first-order valence-corrected chi connectivity index (χ1v) is 7.80. The second-order valence-electron chi connectivity index (χ2n) is 4.96. The third-order valence-electron chi connectivity index (χ3n) is 3.40. The summed E-state index contributed by atoms with van der Waals surface area (Å²) in [6, 6.07) is 3.65. The van der Waals surface area contributed by atoms with Gasteiger partial charge in [0.15, 0.2) is 0 Å². The second-order valence-corrected chi connectivity index (χ2v) is 6.89. The first-order chi connectivity index (χ1) is 8.49. The Kier molecular flexibility index (Phi) is 3.99. The second kappa shape index (κ2) is 5.34. The normalized spacial score (nSPS) is 18.3. The van der Waals surface area contributed by atoms with Crippen LogP contribution in [0.1, 0.15) is 24.8 Å². The predicted octanol–water partition coefficient (Wildman–Crippen LogP) is 0.425. The fourth-order valence-corrected chi connectivity index (χ4v) is 3.09. The minimum atomic E-state index is -3.24. The minimum absolute atomic E-state index is 0.0904. The molecular formula is C12H19N3O2S. The molecule has 1 aromatic heterocycles. The van der Waals surface area contributed by atoms with Crippen molar-refractivity contribution in [1.82, 2.24) is 9.71 Å². The zero-order chi connectivity index (χ0) is 13.1. The Morgan fingerprint density at radius 1 is 1.33 bits per heavy atom. The minimum Gasteiger partial charge on any atom is -0.324 e. The van der Waals surface area contributed by atoms with E-state index in [0.717, 1.165) is 24.8 Å². The highest BCUT2D eigenvalue weighted by atomic mass is 32.2. The molecule has 0 spiro atoms. The molecule has 0 bridgehead atoms. The third kappa shape index (κ3) is 3.76. The predicted molar refractivity (Wildman–Crippen MR) is 70.5 cm³/mol. The summed E-state index contributed by atoms with van der Waals surface area (Å²) in [4.78, 5) is 3.90. The lowest BCUT2D eigenvalue weighted by atomic mass is 9.78. The van der Waals surface area contributed by atoms with Crippen molar-refractivity contribution in [3.63, 3.8) is 0 Å². The zero-order valence-electron chi connectivity index (χ0n) is 10.3. The molecule has 2 rings (SSSR count). The molecule has 0 aromatic carbocycles. The van der Waals surface area contributed by atoms with Crippen LogP contribution in [0.25, 0.3) is 0 Å². The first kappa shape index (κ1) is 13.5. The summed E-state index contributed by atoms with van der Waals surface area (Å²) >= 11 is 0. The van der Waals surface area contributed by atoms with E-state index in [-0.39, 0.29) is 11.3 Å².